The topological polar surface area (TPSA) is 97.1 Å². The van der Waals surface area contributed by atoms with Gasteiger partial charge in [-0.2, -0.15) is 0 Å². The lowest BCUT2D eigenvalue weighted by Crippen LogP contribution is -2.47. The number of amides is 2. The van der Waals surface area contributed by atoms with Gasteiger partial charge < -0.3 is 16.4 Å². The maximum absolute atomic E-state index is 12.8. The quantitative estimate of drug-likeness (QED) is 0.673. The Hall–Kier alpha value is -2.11. The molecule has 2 rings (SSSR count). The minimum Gasteiger partial charge on any atom is -0.369 e. The zero-order chi connectivity index (χ0) is 18.2. The molecule has 0 saturated heterocycles. The Kier molecular flexibility index (Phi) is 7.22. The number of primary amides is 1. The highest BCUT2D eigenvalue weighted by Crippen LogP contribution is 2.30. The van der Waals surface area contributed by atoms with Gasteiger partial charge in [0.05, 0.1) is 0 Å². The van der Waals surface area contributed by atoms with Gasteiger partial charge in [0, 0.05) is 30.6 Å². The molecule has 0 bridgehead atoms. The fourth-order valence-corrected chi connectivity index (χ4v) is 3.55. The first kappa shape index (κ1) is 19.2. The molecule has 1 aliphatic carbocycles. The van der Waals surface area contributed by atoms with E-state index >= 15 is 0 Å². The zero-order valence-corrected chi connectivity index (χ0v) is 15.2. The van der Waals surface area contributed by atoms with Crippen molar-refractivity contribution in [1.82, 2.24) is 10.3 Å². The summed E-state index contributed by atoms with van der Waals surface area (Å²) in [4.78, 5) is 28.7. The number of rotatable bonds is 8. The Bertz CT molecular complexity index is 562. The molecule has 0 aliphatic heterocycles. The second kappa shape index (κ2) is 9.39. The van der Waals surface area contributed by atoms with Gasteiger partial charge in [-0.05, 0) is 37.3 Å². The number of hydrogen-bond donors (Lipinski definition) is 3. The van der Waals surface area contributed by atoms with E-state index in [1.165, 1.54) is 0 Å². The predicted molar refractivity (Wildman–Crippen MR) is 98.8 cm³/mol. The van der Waals surface area contributed by atoms with Crippen LogP contribution in [0.1, 0.15) is 46.0 Å². The van der Waals surface area contributed by atoms with Gasteiger partial charge >= 0.3 is 0 Å². The van der Waals surface area contributed by atoms with E-state index in [-0.39, 0.29) is 29.7 Å². The van der Waals surface area contributed by atoms with Gasteiger partial charge in [0.1, 0.15) is 5.82 Å². The van der Waals surface area contributed by atoms with Gasteiger partial charge in [-0.1, -0.05) is 32.8 Å². The van der Waals surface area contributed by atoms with E-state index in [2.05, 4.69) is 29.5 Å². The van der Waals surface area contributed by atoms with Crippen LogP contribution in [0.4, 0.5) is 5.82 Å². The number of anilines is 1. The molecule has 0 aromatic carbocycles. The Morgan fingerprint density at radius 1 is 1.24 bits per heavy atom. The van der Waals surface area contributed by atoms with Crippen molar-refractivity contribution in [2.75, 3.05) is 11.9 Å². The molecular weight excluding hydrogens is 316 g/mol. The lowest BCUT2D eigenvalue weighted by atomic mass is 9.78. The SMILES string of the molecule is CC(C)CC(CNc1ccccn1)NC(=O)[C@@H]1CCCC[C@@H]1C(N)=O. The van der Waals surface area contributed by atoms with Crippen LogP contribution in [0.15, 0.2) is 24.4 Å². The number of nitrogens with zero attached hydrogens (tertiary/aromatic N) is 1. The zero-order valence-electron chi connectivity index (χ0n) is 15.2. The van der Waals surface area contributed by atoms with Gasteiger partial charge in [-0.3, -0.25) is 9.59 Å². The number of pyridine rings is 1. The molecule has 1 heterocycles. The van der Waals surface area contributed by atoms with E-state index in [1.807, 2.05) is 18.2 Å². The van der Waals surface area contributed by atoms with Gasteiger partial charge in [0.25, 0.3) is 0 Å². The molecule has 1 aliphatic rings. The summed E-state index contributed by atoms with van der Waals surface area (Å²) in [6.45, 7) is 4.87. The summed E-state index contributed by atoms with van der Waals surface area (Å²) in [5.41, 5.74) is 5.50. The van der Waals surface area contributed by atoms with Crippen LogP contribution in [-0.2, 0) is 9.59 Å². The molecule has 138 valence electrons. The molecule has 0 spiro atoms. The minimum absolute atomic E-state index is 0.00930. The van der Waals surface area contributed by atoms with E-state index in [0.717, 1.165) is 31.5 Å². The summed E-state index contributed by atoms with van der Waals surface area (Å²) < 4.78 is 0. The molecular formula is C19H30N4O2. The monoisotopic (exact) mass is 346 g/mol. The number of carbonyl (C=O) groups is 2. The van der Waals surface area contributed by atoms with E-state index in [9.17, 15) is 9.59 Å². The molecule has 1 unspecified atom stereocenters. The second-order valence-electron chi connectivity index (χ2n) is 7.33. The van der Waals surface area contributed by atoms with Crippen molar-refractivity contribution in [2.45, 2.75) is 52.0 Å². The van der Waals surface area contributed by atoms with Crippen LogP contribution < -0.4 is 16.4 Å². The van der Waals surface area contributed by atoms with Crippen molar-refractivity contribution in [3.8, 4) is 0 Å². The van der Waals surface area contributed by atoms with Gasteiger partial charge in [0.2, 0.25) is 11.8 Å². The number of aromatic nitrogens is 1. The molecule has 2 amide bonds. The molecule has 1 fully saturated rings. The first-order valence-electron chi connectivity index (χ1n) is 9.22. The molecule has 6 nitrogen and oxygen atoms in total. The molecule has 25 heavy (non-hydrogen) atoms. The third-order valence-electron chi connectivity index (χ3n) is 4.76. The van der Waals surface area contributed by atoms with Crippen molar-refractivity contribution in [1.29, 1.82) is 0 Å². The lowest BCUT2D eigenvalue weighted by Gasteiger charge is -2.30. The van der Waals surface area contributed by atoms with Crippen LogP contribution >= 0.6 is 0 Å². The molecule has 4 N–H and O–H groups in total. The Morgan fingerprint density at radius 2 is 1.96 bits per heavy atom. The Balaban J connectivity index is 1.97. The number of nitrogens with one attached hydrogen (secondary N) is 2. The average Bonchev–Trinajstić information content (AvgIpc) is 2.60. The molecule has 3 atom stereocenters. The lowest BCUT2D eigenvalue weighted by molar-refractivity contribution is -0.135. The summed E-state index contributed by atoms with van der Waals surface area (Å²) in [5.74, 6) is 0.212. The van der Waals surface area contributed by atoms with Crippen LogP contribution in [0.25, 0.3) is 0 Å². The van der Waals surface area contributed by atoms with Crippen molar-refractivity contribution in [2.24, 2.45) is 23.5 Å². The fourth-order valence-electron chi connectivity index (χ4n) is 3.55. The number of nitrogens with two attached hydrogens (primary N) is 1. The molecule has 0 radical (unpaired) electrons. The smallest absolute Gasteiger partial charge is 0.224 e. The van der Waals surface area contributed by atoms with E-state index in [0.29, 0.717) is 18.9 Å². The van der Waals surface area contributed by atoms with Crippen molar-refractivity contribution in [3.63, 3.8) is 0 Å². The van der Waals surface area contributed by atoms with Crippen molar-refractivity contribution < 1.29 is 9.59 Å². The standard InChI is InChI=1S/C19H30N4O2/c1-13(2)11-14(12-22-17-9-5-6-10-21-17)23-19(25)16-8-4-3-7-15(16)18(20)24/h5-6,9-10,13-16H,3-4,7-8,11-12H2,1-2H3,(H2,20,24)(H,21,22)(H,23,25)/t14?,15-,16+/m0/s1. The molecule has 6 heteroatoms. The molecule has 1 aromatic rings. The van der Waals surface area contributed by atoms with Gasteiger partial charge in [-0.15, -0.1) is 0 Å². The fraction of sp³-hybridized carbons (Fsp3) is 0.632. The van der Waals surface area contributed by atoms with E-state index in [4.69, 9.17) is 5.73 Å². The highest BCUT2D eigenvalue weighted by atomic mass is 16.2. The van der Waals surface area contributed by atoms with Crippen LogP contribution in [-0.4, -0.2) is 29.4 Å². The molecule has 1 aromatic heterocycles. The highest BCUT2D eigenvalue weighted by Gasteiger charge is 2.35. The third kappa shape index (κ3) is 6.03. The first-order chi connectivity index (χ1) is 12.0. The second-order valence-corrected chi connectivity index (χ2v) is 7.33. The molecule has 1 saturated carbocycles. The largest absolute Gasteiger partial charge is 0.369 e. The average molecular weight is 346 g/mol. The summed E-state index contributed by atoms with van der Waals surface area (Å²) in [5, 5.41) is 6.41. The Labute approximate surface area is 150 Å². The Morgan fingerprint density at radius 3 is 2.56 bits per heavy atom. The first-order valence-corrected chi connectivity index (χ1v) is 9.22. The van der Waals surface area contributed by atoms with Crippen LogP contribution in [0.3, 0.4) is 0 Å². The predicted octanol–water partition coefficient (Wildman–Crippen LogP) is 2.32. The van der Waals surface area contributed by atoms with Gasteiger partial charge in [0.15, 0.2) is 0 Å². The summed E-state index contributed by atoms with van der Waals surface area (Å²) >= 11 is 0. The van der Waals surface area contributed by atoms with Crippen LogP contribution in [0, 0.1) is 17.8 Å². The van der Waals surface area contributed by atoms with Crippen molar-refractivity contribution >= 4 is 17.6 Å². The maximum Gasteiger partial charge on any atom is 0.224 e. The van der Waals surface area contributed by atoms with E-state index in [1.54, 1.807) is 6.20 Å². The minimum atomic E-state index is -0.355. The summed E-state index contributed by atoms with van der Waals surface area (Å²) in [6, 6.07) is 5.68. The third-order valence-corrected chi connectivity index (χ3v) is 4.76. The normalized spacial score (nSPS) is 21.6. The van der Waals surface area contributed by atoms with E-state index < -0.39 is 0 Å². The highest BCUT2D eigenvalue weighted by molar-refractivity contribution is 5.87. The number of carbonyl (C=O) groups excluding carboxylic acids is 2. The summed E-state index contributed by atoms with van der Waals surface area (Å²) in [6.07, 6.45) is 5.99. The van der Waals surface area contributed by atoms with Crippen molar-refractivity contribution in [3.05, 3.63) is 24.4 Å². The van der Waals surface area contributed by atoms with Crippen LogP contribution in [0.5, 0.6) is 0 Å². The van der Waals surface area contributed by atoms with Crippen LogP contribution in [0.2, 0.25) is 0 Å². The van der Waals surface area contributed by atoms with Gasteiger partial charge in [-0.25, -0.2) is 4.98 Å². The maximum atomic E-state index is 12.8. The number of hydrogen-bond acceptors (Lipinski definition) is 4. The summed E-state index contributed by atoms with van der Waals surface area (Å²) in [7, 11) is 0.